The van der Waals surface area contributed by atoms with E-state index < -0.39 is 0 Å². The smallest absolute Gasteiger partial charge is 1.00 e. The Bertz CT molecular complexity index is 182. The molecule has 70 valence electrons. The van der Waals surface area contributed by atoms with E-state index in [2.05, 4.69) is 12.1 Å². The summed E-state index contributed by atoms with van der Waals surface area (Å²) < 4.78 is 5.22. The summed E-state index contributed by atoms with van der Waals surface area (Å²) in [5.41, 5.74) is 1.24. The van der Waals surface area contributed by atoms with Gasteiger partial charge in [0.15, 0.2) is 0 Å². The van der Waals surface area contributed by atoms with Crippen molar-refractivity contribution in [2.24, 2.45) is 0 Å². The van der Waals surface area contributed by atoms with Crippen molar-refractivity contribution in [3.05, 3.63) is 35.9 Å². The van der Waals surface area contributed by atoms with Gasteiger partial charge in [0, 0.05) is 6.61 Å². The Morgan fingerprint density at radius 3 is 2.08 bits per heavy atom. The van der Waals surface area contributed by atoms with Crippen LogP contribution in [-0.4, -0.2) is 29.7 Å². The van der Waals surface area contributed by atoms with Gasteiger partial charge in [0.2, 0.25) is 0 Å². The van der Waals surface area contributed by atoms with Gasteiger partial charge in [0.1, 0.15) is 0 Å². The van der Waals surface area contributed by atoms with Crippen LogP contribution in [0.4, 0.5) is 0 Å². The van der Waals surface area contributed by atoms with E-state index in [1.807, 2.05) is 25.1 Å². The molecule has 0 unspecified atom stereocenters. The fraction of sp³-hybridized carbons (Fsp3) is 0.333. The molecule has 0 saturated carbocycles. The molecule has 0 aromatic heterocycles. The van der Waals surface area contributed by atoms with Crippen molar-refractivity contribution in [3.63, 3.8) is 0 Å². The first kappa shape index (κ1) is 19.5. The van der Waals surface area contributed by atoms with Crippen molar-refractivity contribution in [1.29, 1.82) is 0 Å². The molecule has 0 aliphatic rings. The van der Waals surface area contributed by atoms with E-state index in [1.54, 1.807) is 0 Å². The molecular weight excluding hydrogens is 308 g/mol. The van der Waals surface area contributed by atoms with Crippen LogP contribution in [0.3, 0.4) is 0 Å². The SMILES string of the molecule is CCOCc1ccccc1.[Br-].[Br-].[Mg+2]. The van der Waals surface area contributed by atoms with Crippen LogP contribution in [0.2, 0.25) is 0 Å². The summed E-state index contributed by atoms with van der Waals surface area (Å²) in [6.45, 7) is 3.52. The average molecular weight is 320 g/mol. The third-order valence-corrected chi connectivity index (χ3v) is 1.32. The second kappa shape index (κ2) is 12.9. The minimum Gasteiger partial charge on any atom is -1.00 e. The Kier molecular flexibility index (Phi) is 19.3. The Morgan fingerprint density at radius 1 is 1.08 bits per heavy atom. The molecule has 0 aliphatic carbocycles. The first-order valence-corrected chi connectivity index (χ1v) is 3.55. The van der Waals surface area contributed by atoms with Gasteiger partial charge in [0.05, 0.1) is 6.61 Å². The van der Waals surface area contributed by atoms with Gasteiger partial charge < -0.3 is 38.7 Å². The molecule has 0 atom stereocenters. The Morgan fingerprint density at radius 2 is 1.62 bits per heavy atom. The topological polar surface area (TPSA) is 9.23 Å². The third-order valence-electron chi connectivity index (χ3n) is 1.32. The summed E-state index contributed by atoms with van der Waals surface area (Å²) in [7, 11) is 0. The van der Waals surface area contributed by atoms with Crippen LogP contribution >= 0.6 is 0 Å². The molecule has 0 fully saturated rings. The number of ether oxygens (including phenoxy) is 1. The molecule has 0 heterocycles. The van der Waals surface area contributed by atoms with Gasteiger partial charge in [-0.05, 0) is 12.5 Å². The van der Waals surface area contributed by atoms with Crippen LogP contribution in [0.25, 0.3) is 0 Å². The number of rotatable bonds is 3. The van der Waals surface area contributed by atoms with Crippen molar-refractivity contribution in [2.75, 3.05) is 6.61 Å². The molecule has 1 aromatic carbocycles. The van der Waals surface area contributed by atoms with E-state index in [4.69, 9.17) is 4.74 Å². The number of benzene rings is 1. The maximum Gasteiger partial charge on any atom is 2.00 e. The summed E-state index contributed by atoms with van der Waals surface area (Å²) in [6.07, 6.45) is 0. The van der Waals surface area contributed by atoms with Crippen molar-refractivity contribution in [3.8, 4) is 0 Å². The monoisotopic (exact) mass is 318 g/mol. The predicted octanol–water partition coefficient (Wildman–Crippen LogP) is -4.15. The summed E-state index contributed by atoms with van der Waals surface area (Å²) >= 11 is 0. The predicted molar refractivity (Wildman–Crippen MR) is 47.5 cm³/mol. The van der Waals surface area contributed by atoms with Crippen LogP contribution in [0.15, 0.2) is 30.3 Å². The largest absolute Gasteiger partial charge is 2.00 e. The first-order chi connectivity index (χ1) is 4.93. The van der Waals surface area contributed by atoms with Crippen LogP contribution in [0.1, 0.15) is 12.5 Å². The summed E-state index contributed by atoms with van der Waals surface area (Å²) in [5.74, 6) is 0. The minimum atomic E-state index is 0. The third kappa shape index (κ3) is 9.22. The molecule has 1 aromatic rings. The van der Waals surface area contributed by atoms with E-state index >= 15 is 0 Å². The number of hydrogen-bond donors (Lipinski definition) is 0. The average Bonchev–Trinajstić information content (AvgIpc) is 2.03. The maximum atomic E-state index is 5.22. The van der Waals surface area contributed by atoms with Crippen LogP contribution in [-0.2, 0) is 11.3 Å². The standard InChI is InChI=1S/C9H12O.2BrH.Mg/c1-2-10-8-9-6-4-3-5-7-9;;;/h3-7H,2,8H2,1H3;2*1H;/q;;;+2/p-2. The van der Waals surface area contributed by atoms with Gasteiger partial charge in [-0.15, -0.1) is 0 Å². The van der Waals surface area contributed by atoms with Gasteiger partial charge in [-0.2, -0.15) is 0 Å². The molecule has 1 rings (SSSR count). The van der Waals surface area contributed by atoms with E-state index in [1.165, 1.54) is 5.56 Å². The van der Waals surface area contributed by atoms with Crippen LogP contribution < -0.4 is 34.0 Å². The van der Waals surface area contributed by atoms with E-state index in [-0.39, 0.29) is 57.0 Å². The summed E-state index contributed by atoms with van der Waals surface area (Å²) in [6, 6.07) is 10.2. The molecule has 0 aliphatic heterocycles. The van der Waals surface area contributed by atoms with E-state index in [0.29, 0.717) is 0 Å². The molecule has 0 radical (unpaired) electrons. The van der Waals surface area contributed by atoms with Crippen molar-refractivity contribution in [2.45, 2.75) is 13.5 Å². The van der Waals surface area contributed by atoms with E-state index in [9.17, 15) is 0 Å². The van der Waals surface area contributed by atoms with Crippen molar-refractivity contribution < 1.29 is 38.7 Å². The normalized spacial score (nSPS) is 7.46. The van der Waals surface area contributed by atoms with Gasteiger partial charge in [-0.25, -0.2) is 0 Å². The molecule has 0 spiro atoms. The van der Waals surface area contributed by atoms with Gasteiger partial charge in [-0.3, -0.25) is 0 Å². The number of halogens is 2. The minimum absolute atomic E-state index is 0. The maximum absolute atomic E-state index is 5.22. The molecule has 0 saturated heterocycles. The first-order valence-electron chi connectivity index (χ1n) is 3.55. The molecule has 13 heavy (non-hydrogen) atoms. The van der Waals surface area contributed by atoms with Crippen LogP contribution in [0, 0.1) is 0 Å². The summed E-state index contributed by atoms with van der Waals surface area (Å²) in [5, 5.41) is 0. The molecule has 1 nitrogen and oxygen atoms in total. The Balaban J connectivity index is -0.000000333. The number of hydrogen-bond acceptors (Lipinski definition) is 1. The molecule has 0 N–H and O–H groups in total. The Hall–Kier alpha value is 0.906. The summed E-state index contributed by atoms with van der Waals surface area (Å²) in [4.78, 5) is 0. The van der Waals surface area contributed by atoms with Gasteiger partial charge in [0.25, 0.3) is 0 Å². The quantitative estimate of drug-likeness (QED) is 0.514. The molecular formula is C9H12Br2MgO. The fourth-order valence-electron chi connectivity index (χ4n) is 0.794. The van der Waals surface area contributed by atoms with Gasteiger partial charge >= 0.3 is 23.1 Å². The second-order valence-electron chi connectivity index (χ2n) is 2.12. The molecule has 0 amide bonds. The second-order valence-corrected chi connectivity index (χ2v) is 2.12. The van der Waals surface area contributed by atoms with E-state index in [0.717, 1.165) is 13.2 Å². The van der Waals surface area contributed by atoms with Crippen molar-refractivity contribution in [1.82, 2.24) is 0 Å². The van der Waals surface area contributed by atoms with Gasteiger partial charge in [-0.1, -0.05) is 30.3 Å². The Labute approximate surface area is 117 Å². The van der Waals surface area contributed by atoms with Crippen LogP contribution in [0.5, 0.6) is 0 Å². The zero-order valence-electron chi connectivity index (χ0n) is 7.67. The zero-order valence-corrected chi connectivity index (χ0v) is 12.3. The molecule has 0 bridgehead atoms. The zero-order chi connectivity index (χ0) is 7.23. The van der Waals surface area contributed by atoms with Crippen molar-refractivity contribution >= 4 is 23.1 Å². The fourth-order valence-corrected chi connectivity index (χ4v) is 0.794. The molecule has 4 heteroatoms.